The molecular formula is C13H19N5O2S3. The van der Waals surface area contributed by atoms with Gasteiger partial charge in [0.2, 0.25) is 5.91 Å². The Labute approximate surface area is 148 Å². The van der Waals surface area contributed by atoms with Crippen LogP contribution >= 0.6 is 35.3 Å². The zero-order valence-electron chi connectivity index (χ0n) is 13.2. The smallest absolute Gasteiger partial charge is 0.239 e. The van der Waals surface area contributed by atoms with Crippen molar-refractivity contribution in [3.63, 3.8) is 0 Å². The van der Waals surface area contributed by atoms with Crippen LogP contribution < -0.4 is 5.32 Å². The van der Waals surface area contributed by atoms with Crippen LogP contribution in [0.15, 0.2) is 14.9 Å². The number of thioether (sulfide) groups is 1. The predicted octanol–water partition coefficient (Wildman–Crippen LogP) is 3.00. The van der Waals surface area contributed by atoms with Crippen LogP contribution in [0.5, 0.6) is 0 Å². The highest BCUT2D eigenvalue weighted by Gasteiger charge is 2.11. The summed E-state index contributed by atoms with van der Waals surface area (Å²) in [6, 6.07) is 1.67. The Morgan fingerprint density at radius 2 is 2.39 bits per heavy atom. The SMILES string of the molecule is CCCSc1nn(CN(C)CC(=O)Nc2cc(C)on2)c(=S)s1. The highest BCUT2D eigenvalue weighted by atomic mass is 32.2. The second kappa shape index (κ2) is 8.57. The van der Waals surface area contributed by atoms with Crippen molar-refractivity contribution in [1.82, 2.24) is 19.8 Å². The minimum Gasteiger partial charge on any atom is -0.360 e. The fourth-order valence-corrected chi connectivity index (χ4v) is 4.00. The van der Waals surface area contributed by atoms with Gasteiger partial charge in [-0.2, -0.15) is 5.10 Å². The minimum atomic E-state index is -0.164. The van der Waals surface area contributed by atoms with Crippen molar-refractivity contribution < 1.29 is 9.32 Å². The molecule has 0 saturated heterocycles. The molecule has 2 aromatic heterocycles. The Morgan fingerprint density at radius 3 is 3.04 bits per heavy atom. The van der Waals surface area contributed by atoms with Crippen molar-refractivity contribution in [2.75, 3.05) is 24.7 Å². The van der Waals surface area contributed by atoms with E-state index in [1.54, 1.807) is 29.4 Å². The Balaban J connectivity index is 1.86. The summed E-state index contributed by atoms with van der Waals surface area (Å²) >= 11 is 8.52. The van der Waals surface area contributed by atoms with E-state index in [0.29, 0.717) is 22.2 Å². The predicted molar refractivity (Wildman–Crippen MR) is 94.5 cm³/mol. The van der Waals surface area contributed by atoms with Gasteiger partial charge in [0.1, 0.15) is 5.76 Å². The standard InChI is InChI=1S/C13H19N5O2S3/c1-4-5-22-12-15-18(13(21)23-12)8-17(3)7-11(19)14-10-6-9(2)20-16-10/h6H,4-5,7-8H2,1-3H3,(H,14,16,19). The molecule has 2 heterocycles. The first-order chi connectivity index (χ1) is 11.0. The van der Waals surface area contributed by atoms with E-state index in [4.69, 9.17) is 16.7 Å². The normalized spacial score (nSPS) is 11.1. The molecule has 0 unspecified atom stereocenters. The van der Waals surface area contributed by atoms with Crippen molar-refractivity contribution >= 4 is 47.0 Å². The number of carbonyl (C=O) groups excluding carboxylic acids is 1. The minimum absolute atomic E-state index is 0.164. The quantitative estimate of drug-likeness (QED) is 0.563. The fourth-order valence-electron chi connectivity index (χ4n) is 1.76. The van der Waals surface area contributed by atoms with E-state index in [1.165, 1.54) is 11.3 Å². The topological polar surface area (TPSA) is 76.2 Å². The second-order valence-corrected chi connectivity index (χ2v) is 7.97. The molecule has 0 radical (unpaired) electrons. The van der Waals surface area contributed by atoms with Crippen molar-refractivity contribution in [2.24, 2.45) is 0 Å². The number of hydrogen-bond donors (Lipinski definition) is 1. The summed E-state index contributed by atoms with van der Waals surface area (Å²) in [7, 11) is 1.84. The summed E-state index contributed by atoms with van der Waals surface area (Å²) in [5, 5.41) is 10.9. The summed E-state index contributed by atoms with van der Waals surface area (Å²) in [4.78, 5) is 13.8. The largest absolute Gasteiger partial charge is 0.360 e. The third kappa shape index (κ3) is 5.72. The Morgan fingerprint density at radius 1 is 1.61 bits per heavy atom. The molecule has 0 aromatic carbocycles. The zero-order chi connectivity index (χ0) is 16.8. The lowest BCUT2D eigenvalue weighted by Gasteiger charge is -2.15. The highest BCUT2D eigenvalue weighted by Crippen LogP contribution is 2.22. The molecule has 7 nitrogen and oxygen atoms in total. The number of amides is 1. The van der Waals surface area contributed by atoms with Gasteiger partial charge in [-0.25, -0.2) is 4.68 Å². The lowest BCUT2D eigenvalue weighted by molar-refractivity contribution is -0.117. The van der Waals surface area contributed by atoms with Crippen LogP contribution in [0.1, 0.15) is 19.1 Å². The molecule has 0 bridgehead atoms. The van der Waals surface area contributed by atoms with Crippen molar-refractivity contribution in [3.05, 3.63) is 15.8 Å². The molecule has 0 fully saturated rings. The first kappa shape index (κ1) is 18.1. The molecule has 0 atom stereocenters. The van der Waals surface area contributed by atoms with Crippen molar-refractivity contribution in [2.45, 2.75) is 31.3 Å². The Kier molecular flexibility index (Phi) is 6.75. The van der Waals surface area contributed by atoms with Crippen LogP contribution in [0.25, 0.3) is 0 Å². The van der Waals surface area contributed by atoms with Gasteiger partial charge in [0.25, 0.3) is 0 Å². The van der Waals surface area contributed by atoms with E-state index in [2.05, 4.69) is 22.5 Å². The van der Waals surface area contributed by atoms with Gasteiger partial charge in [-0.05, 0) is 32.6 Å². The van der Waals surface area contributed by atoms with E-state index in [1.807, 2.05) is 11.9 Å². The molecule has 126 valence electrons. The summed E-state index contributed by atoms with van der Waals surface area (Å²) < 4.78 is 8.33. The molecule has 1 amide bonds. The number of rotatable bonds is 8. The molecule has 2 aromatic rings. The zero-order valence-corrected chi connectivity index (χ0v) is 15.7. The average molecular weight is 374 g/mol. The van der Waals surface area contributed by atoms with Gasteiger partial charge < -0.3 is 9.84 Å². The first-order valence-electron chi connectivity index (χ1n) is 7.10. The van der Waals surface area contributed by atoms with E-state index >= 15 is 0 Å². The molecule has 10 heteroatoms. The van der Waals surface area contributed by atoms with Gasteiger partial charge >= 0.3 is 0 Å². The van der Waals surface area contributed by atoms with E-state index in [-0.39, 0.29) is 12.5 Å². The summed E-state index contributed by atoms with van der Waals surface area (Å²) in [6.07, 6.45) is 1.10. The van der Waals surface area contributed by atoms with Gasteiger partial charge in [0.05, 0.1) is 13.2 Å². The average Bonchev–Trinajstić information content (AvgIpc) is 3.03. The number of carbonyl (C=O) groups is 1. The maximum absolute atomic E-state index is 12.0. The molecule has 0 aliphatic heterocycles. The summed E-state index contributed by atoms with van der Waals surface area (Å²) in [5.41, 5.74) is 0. The number of likely N-dealkylation sites (N-methyl/N-ethyl adjacent to an activating group) is 1. The maximum atomic E-state index is 12.0. The maximum Gasteiger partial charge on any atom is 0.239 e. The number of nitrogens with zero attached hydrogens (tertiary/aromatic N) is 4. The first-order valence-corrected chi connectivity index (χ1v) is 9.31. The summed E-state index contributed by atoms with van der Waals surface area (Å²) in [5.74, 6) is 1.93. The van der Waals surface area contributed by atoms with Gasteiger partial charge in [-0.3, -0.25) is 9.69 Å². The van der Waals surface area contributed by atoms with E-state index in [9.17, 15) is 4.79 Å². The molecule has 23 heavy (non-hydrogen) atoms. The summed E-state index contributed by atoms with van der Waals surface area (Å²) in [6.45, 7) is 4.58. The Hall–Kier alpha value is -1.23. The van der Waals surface area contributed by atoms with Crippen molar-refractivity contribution in [1.29, 1.82) is 0 Å². The third-order valence-electron chi connectivity index (χ3n) is 2.70. The van der Waals surface area contributed by atoms with Gasteiger partial charge in [-0.1, -0.05) is 35.2 Å². The number of nitrogens with one attached hydrogen (secondary N) is 1. The van der Waals surface area contributed by atoms with E-state index < -0.39 is 0 Å². The number of aryl methyl sites for hydroxylation is 1. The molecule has 0 aliphatic rings. The van der Waals surface area contributed by atoms with Gasteiger partial charge in [0, 0.05) is 11.8 Å². The second-order valence-electron chi connectivity index (χ2n) is 5.01. The number of anilines is 1. The molecule has 2 rings (SSSR count). The van der Waals surface area contributed by atoms with Gasteiger partial charge in [-0.15, -0.1) is 0 Å². The third-order valence-corrected chi connectivity index (χ3v) is 5.35. The fraction of sp³-hybridized carbons (Fsp3) is 0.538. The number of aromatic nitrogens is 3. The van der Waals surface area contributed by atoms with Crippen molar-refractivity contribution in [3.8, 4) is 0 Å². The van der Waals surface area contributed by atoms with E-state index in [0.717, 1.165) is 16.5 Å². The lowest BCUT2D eigenvalue weighted by Crippen LogP contribution is -2.32. The van der Waals surface area contributed by atoms with Gasteiger partial charge in [0.15, 0.2) is 14.1 Å². The molecule has 0 aliphatic carbocycles. The van der Waals surface area contributed by atoms with Crippen LogP contribution in [0.4, 0.5) is 5.82 Å². The van der Waals surface area contributed by atoms with Crippen LogP contribution in [0.2, 0.25) is 0 Å². The van der Waals surface area contributed by atoms with Crippen LogP contribution in [-0.4, -0.2) is 45.1 Å². The monoisotopic (exact) mass is 373 g/mol. The number of hydrogen-bond acceptors (Lipinski definition) is 8. The van der Waals surface area contributed by atoms with Crippen LogP contribution in [0, 0.1) is 10.9 Å². The van der Waals surface area contributed by atoms with Crippen LogP contribution in [-0.2, 0) is 11.5 Å². The molecule has 0 spiro atoms. The highest BCUT2D eigenvalue weighted by molar-refractivity contribution is 8.01. The molecule has 0 saturated carbocycles. The molecule has 1 N–H and O–H groups in total. The molecular weight excluding hydrogens is 354 g/mol. The van der Waals surface area contributed by atoms with Crippen LogP contribution in [0.3, 0.4) is 0 Å². The Bertz CT molecular complexity index is 709. The lowest BCUT2D eigenvalue weighted by atomic mass is 10.4.